The molecule has 1 aromatic rings. The fourth-order valence-electron chi connectivity index (χ4n) is 1.25. The highest BCUT2D eigenvalue weighted by atomic mass is 16.5. The van der Waals surface area contributed by atoms with Gasteiger partial charge in [0.1, 0.15) is 0 Å². The van der Waals surface area contributed by atoms with Gasteiger partial charge in [-0.1, -0.05) is 13.3 Å². The first-order chi connectivity index (χ1) is 7.69. The molecule has 0 bridgehead atoms. The lowest BCUT2D eigenvalue weighted by Gasteiger charge is -2.16. The zero-order chi connectivity index (χ0) is 12.0. The Morgan fingerprint density at radius 1 is 1.56 bits per heavy atom. The van der Waals surface area contributed by atoms with Crippen molar-refractivity contribution in [3.05, 3.63) is 18.0 Å². The van der Waals surface area contributed by atoms with Gasteiger partial charge in [-0.2, -0.15) is 0 Å². The van der Waals surface area contributed by atoms with Gasteiger partial charge in [0.25, 0.3) is 0 Å². The van der Waals surface area contributed by atoms with Crippen LogP contribution in [-0.2, 0) is 4.74 Å². The van der Waals surface area contributed by atoms with E-state index in [1.165, 1.54) is 7.11 Å². The van der Waals surface area contributed by atoms with Crippen LogP contribution in [0.15, 0.2) is 12.3 Å². The number of anilines is 1. The molecule has 5 heteroatoms. The molecule has 0 saturated heterocycles. The lowest BCUT2D eigenvalue weighted by Crippen LogP contribution is -2.21. The second-order valence-electron chi connectivity index (χ2n) is 3.51. The van der Waals surface area contributed by atoms with E-state index < -0.39 is 5.97 Å². The van der Waals surface area contributed by atoms with Crippen molar-refractivity contribution >= 4 is 11.9 Å². The number of rotatable bonds is 5. The number of nitrogens with zero attached hydrogens (tertiary/aromatic N) is 3. The SMILES string of the molecule is CCCCN(C)c1nccc(C(=O)OC)n1. The van der Waals surface area contributed by atoms with Gasteiger partial charge in [0, 0.05) is 19.8 Å². The van der Waals surface area contributed by atoms with Gasteiger partial charge in [-0.15, -0.1) is 0 Å². The fourth-order valence-corrected chi connectivity index (χ4v) is 1.25. The van der Waals surface area contributed by atoms with E-state index in [9.17, 15) is 4.79 Å². The van der Waals surface area contributed by atoms with Crippen LogP contribution in [0.5, 0.6) is 0 Å². The maximum atomic E-state index is 11.3. The summed E-state index contributed by atoms with van der Waals surface area (Å²) >= 11 is 0. The molecule has 0 radical (unpaired) electrons. The highest BCUT2D eigenvalue weighted by Gasteiger charge is 2.10. The molecule has 0 amide bonds. The van der Waals surface area contributed by atoms with E-state index in [2.05, 4.69) is 21.6 Å². The summed E-state index contributed by atoms with van der Waals surface area (Å²) in [6, 6.07) is 1.54. The Hall–Kier alpha value is -1.65. The molecule has 5 nitrogen and oxygen atoms in total. The number of aromatic nitrogens is 2. The second-order valence-corrected chi connectivity index (χ2v) is 3.51. The van der Waals surface area contributed by atoms with E-state index in [1.807, 2.05) is 11.9 Å². The molecule has 0 aromatic carbocycles. The summed E-state index contributed by atoms with van der Waals surface area (Å²) in [5.41, 5.74) is 0.288. The third kappa shape index (κ3) is 3.18. The number of ether oxygens (including phenoxy) is 1. The number of esters is 1. The molecule has 16 heavy (non-hydrogen) atoms. The van der Waals surface area contributed by atoms with Crippen molar-refractivity contribution in [3.63, 3.8) is 0 Å². The minimum absolute atomic E-state index is 0.288. The third-order valence-corrected chi connectivity index (χ3v) is 2.23. The van der Waals surface area contributed by atoms with Crippen molar-refractivity contribution in [2.24, 2.45) is 0 Å². The summed E-state index contributed by atoms with van der Waals surface area (Å²) in [7, 11) is 3.25. The lowest BCUT2D eigenvalue weighted by atomic mass is 10.3. The molecule has 0 atom stereocenters. The smallest absolute Gasteiger partial charge is 0.356 e. The van der Waals surface area contributed by atoms with Gasteiger partial charge >= 0.3 is 5.97 Å². The quantitative estimate of drug-likeness (QED) is 0.708. The predicted octanol–water partition coefficient (Wildman–Crippen LogP) is 1.50. The highest BCUT2D eigenvalue weighted by Crippen LogP contribution is 2.07. The van der Waals surface area contributed by atoms with E-state index in [0.29, 0.717) is 5.95 Å². The molecule has 0 saturated carbocycles. The Morgan fingerprint density at radius 3 is 2.94 bits per heavy atom. The number of hydrogen-bond acceptors (Lipinski definition) is 5. The van der Waals surface area contributed by atoms with E-state index in [0.717, 1.165) is 19.4 Å². The maximum absolute atomic E-state index is 11.3. The molecule has 0 aliphatic heterocycles. The molecule has 0 unspecified atom stereocenters. The minimum atomic E-state index is -0.437. The average molecular weight is 223 g/mol. The molecule has 0 N–H and O–H groups in total. The highest BCUT2D eigenvalue weighted by molar-refractivity contribution is 5.87. The maximum Gasteiger partial charge on any atom is 0.356 e. The molecular weight excluding hydrogens is 206 g/mol. The Balaban J connectivity index is 2.77. The van der Waals surface area contributed by atoms with E-state index in [-0.39, 0.29) is 5.69 Å². The van der Waals surface area contributed by atoms with Crippen LogP contribution in [0.4, 0.5) is 5.95 Å². The predicted molar refractivity (Wildman–Crippen MR) is 61.5 cm³/mol. The number of methoxy groups -OCH3 is 1. The summed E-state index contributed by atoms with van der Waals surface area (Å²) < 4.78 is 4.60. The Morgan fingerprint density at radius 2 is 2.31 bits per heavy atom. The van der Waals surface area contributed by atoms with Gasteiger partial charge in [0.15, 0.2) is 5.69 Å². The standard InChI is InChI=1S/C11H17N3O2/c1-4-5-8-14(2)11-12-7-6-9(13-11)10(15)16-3/h6-7H,4-5,8H2,1-3H3. The molecule has 0 fully saturated rings. The second kappa shape index (κ2) is 6.05. The van der Waals surface area contributed by atoms with Crippen LogP contribution >= 0.6 is 0 Å². The van der Waals surface area contributed by atoms with E-state index in [1.54, 1.807) is 12.3 Å². The third-order valence-electron chi connectivity index (χ3n) is 2.23. The van der Waals surface area contributed by atoms with Crippen molar-refractivity contribution in [2.45, 2.75) is 19.8 Å². The summed E-state index contributed by atoms with van der Waals surface area (Å²) in [5, 5.41) is 0. The largest absolute Gasteiger partial charge is 0.464 e. The van der Waals surface area contributed by atoms with E-state index >= 15 is 0 Å². The zero-order valence-electron chi connectivity index (χ0n) is 9.93. The summed E-state index contributed by atoms with van der Waals surface area (Å²) in [6.45, 7) is 3.00. The summed E-state index contributed by atoms with van der Waals surface area (Å²) in [4.78, 5) is 21.5. The molecule has 1 rings (SSSR count). The van der Waals surface area contributed by atoms with Crippen LogP contribution in [0.3, 0.4) is 0 Å². The first-order valence-electron chi connectivity index (χ1n) is 5.31. The van der Waals surface area contributed by atoms with Gasteiger partial charge in [0.2, 0.25) is 5.95 Å². The van der Waals surface area contributed by atoms with Crippen molar-refractivity contribution in [1.82, 2.24) is 9.97 Å². The molecule has 1 heterocycles. The van der Waals surface area contributed by atoms with Crippen molar-refractivity contribution in [2.75, 3.05) is 25.6 Å². The number of hydrogen-bond donors (Lipinski definition) is 0. The fraction of sp³-hybridized carbons (Fsp3) is 0.545. The average Bonchev–Trinajstić information content (AvgIpc) is 2.35. The van der Waals surface area contributed by atoms with Crippen LogP contribution in [0.1, 0.15) is 30.3 Å². The van der Waals surface area contributed by atoms with Crippen molar-refractivity contribution < 1.29 is 9.53 Å². The molecule has 0 aliphatic rings. The first kappa shape index (κ1) is 12.4. The van der Waals surface area contributed by atoms with Gasteiger partial charge in [-0.3, -0.25) is 0 Å². The van der Waals surface area contributed by atoms with Crippen LogP contribution in [0, 0.1) is 0 Å². The molecule has 0 spiro atoms. The molecule has 0 aliphatic carbocycles. The van der Waals surface area contributed by atoms with Gasteiger partial charge < -0.3 is 9.64 Å². The monoisotopic (exact) mass is 223 g/mol. The summed E-state index contributed by atoms with van der Waals surface area (Å²) in [6.07, 6.45) is 3.75. The number of carbonyl (C=O) groups excluding carboxylic acids is 1. The minimum Gasteiger partial charge on any atom is -0.464 e. The topological polar surface area (TPSA) is 55.3 Å². The van der Waals surface area contributed by atoms with Gasteiger partial charge in [-0.25, -0.2) is 14.8 Å². The normalized spacial score (nSPS) is 9.94. The lowest BCUT2D eigenvalue weighted by molar-refractivity contribution is 0.0594. The van der Waals surface area contributed by atoms with Crippen LogP contribution < -0.4 is 4.90 Å². The molecule has 1 aromatic heterocycles. The number of unbranched alkanes of at least 4 members (excludes halogenated alkanes) is 1. The zero-order valence-corrected chi connectivity index (χ0v) is 9.93. The van der Waals surface area contributed by atoms with Crippen LogP contribution in [0.2, 0.25) is 0 Å². The van der Waals surface area contributed by atoms with E-state index in [4.69, 9.17) is 0 Å². The first-order valence-corrected chi connectivity index (χ1v) is 5.31. The van der Waals surface area contributed by atoms with Crippen LogP contribution in [-0.4, -0.2) is 36.6 Å². The molecular formula is C11H17N3O2. The van der Waals surface area contributed by atoms with Crippen LogP contribution in [0.25, 0.3) is 0 Å². The Kier molecular flexibility index (Phi) is 4.69. The van der Waals surface area contributed by atoms with Crippen molar-refractivity contribution in [3.8, 4) is 0 Å². The van der Waals surface area contributed by atoms with Crippen molar-refractivity contribution in [1.29, 1.82) is 0 Å². The van der Waals surface area contributed by atoms with Gasteiger partial charge in [-0.05, 0) is 12.5 Å². The number of carbonyl (C=O) groups is 1. The Bertz CT molecular complexity index is 355. The molecule has 88 valence electrons. The Labute approximate surface area is 95.5 Å². The van der Waals surface area contributed by atoms with Gasteiger partial charge in [0.05, 0.1) is 7.11 Å². The summed E-state index contributed by atoms with van der Waals surface area (Å²) in [5.74, 6) is 0.115.